The maximum atomic E-state index is 14.2. The number of alkyl halides is 2. The van der Waals surface area contributed by atoms with Crippen LogP contribution in [0.1, 0.15) is 12.5 Å². The molecule has 3 nitrogen and oxygen atoms in total. The molecule has 0 aliphatic carbocycles. The van der Waals surface area contributed by atoms with Gasteiger partial charge in [0.25, 0.3) is 5.92 Å². The van der Waals surface area contributed by atoms with Gasteiger partial charge in [-0.05, 0) is 30.8 Å². The Hall–Kier alpha value is -1.46. The van der Waals surface area contributed by atoms with Crippen molar-refractivity contribution in [2.75, 3.05) is 13.2 Å². The van der Waals surface area contributed by atoms with Gasteiger partial charge in [0, 0.05) is 10.9 Å². The first-order valence-electron chi connectivity index (χ1n) is 5.79. The summed E-state index contributed by atoms with van der Waals surface area (Å²) >= 11 is 0. The van der Waals surface area contributed by atoms with Crippen molar-refractivity contribution in [1.82, 2.24) is 5.32 Å². The van der Waals surface area contributed by atoms with Gasteiger partial charge in [-0.2, -0.15) is 8.78 Å². The normalized spacial score (nSPS) is 14.0. The number of fused-ring (bicyclic) bond motifs is 1. The van der Waals surface area contributed by atoms with Crippen LogP contribution in [-0.2, 0) is 5.92 Å². The van der Waals surface area contributed by atoms with Gasteiger partial charge in [-0.15, -0.1) is 0 Å². The minimum absolute atomic E-state index is 0.128. The fraction of sp³-hybridized carbons (Fsp3) is 0.385. The highest BCUT2D eigenvalue weighted by Crippen LogP contribution is 2.33. The van der Waals surface area contributed by atoms with Crippen molar-refractivity contribution in [3.63, 3.8) is 0 Å². The van der Waals surface area contributed by atoms with Gasteiger partial charge in [0.2, 0.25) is 0 Å². The van der Waals surface area contributed by atoms with Gasteiger partial charge < -0.3 is 14.8 Å². The molecular weight excluding hydrogens is 240 g/mol. The Morgan fingerprint density at radius 3 is 2.83 bits per heavy atom. The van der Waals surface area contributed by atoms with E-state index in [4.69, 9.17) is 9.52 Å². The summed E-state index contributed by atoms with van der Waals surface area (Å²) in [6.07, 6.45) is 1.46. The second kappa shape index (κ2) is 5.04. The molecule has 2 aromatic rings. The number of furan rings is 1. The number of hydrogen-bond acceptors (Lipinski definition) is 3. The van der Waals surface area contributed by atoms with Crippen LogP contribution in [0.5, 0.6) is 0 Å². The van der Waals surface area contributed by atoms with E-state index in [2.05, 4.69) is 5.32 Å². The molecule has 1 unspecified atom stereocenters. The van der Waals surface area contributed by atoms with Gasteiger partial charge >= 0.3 is 0 Å². The van der Waals surface area contributed by atoms with E-state index in [0.717, 1.165) is 0 Å². The third kappa shape index (κ3) is 2.23. The first-order chi connectivity index (χ1) is 8.59. The molecule has 98 valence electrons. The van der Waals surface area contributed by atoms with Crippen molar-refractivity contribution in [3.8, 4) is 0 Å². The molecule has 0 radical (unpaired) electrons. The van der Waals surface area contributed by atoms with Crippen molar-refractivity contribution in [1.29, 1.82) is 0 Å². The second-order valence-corrected chi connectivity index (χ2v) is 4.09. The molecule has 0 fully saturated rings. The molecule has 0 saturated carbocycles. The minimum atomic E-state index is -3.13. The lowest BCUT2D eigenvalue weighted by Crippen LogP contribution is -2.45. The fourth-order valence-electron chi connectivity index (χ4n) is 1.93. The van der Waals surface area contributed by atoms with Crippen LogP contribution in [0.4, 0.5) is 8.78 Å². The first kappa shape index (κ1) is 13.0. The molecule has 0 saturated heterocycles. The molecule has 1 aromatic heterocycles. The summed E-state index contributed by atoms with van der Waals surface area (Å²) in [7, 11) is 0. The maximum absolute atomic E-state index is 14.2. The van der Waals surface area contributed by atoms with Crippen LogP contribution in [0.25, 0.3) is 11.0 Å². The number of aliphatic hydroxyl groups is 1. The first-order valence-corrected chi connectivity index (χ1v) is 5.79. The minimum Gasteiger partial charge on any atom is -0.464 e. The van der Waals surface area contributed by atoms with Crippen LogP contribution in [0, 0.1) is 0 Å². The Morgan fingerprint density at radius 2 is 2.17 bits per heavy atom. The SMILES string of the molecule is CCNC(CO)C(F)(F)c1ccc2occc2c1. The molecule has 1 aromatic carbocycles. The standard InChI is InChI=1S/C13H15F2NO2/c1-2-16-12(8-17)13(14,15)10-3-4-11-9(7-10)5-6-18-11/h3-7,12,16-17H,2,8H2,1H3. The lowest BCUT2D eigenvalue weighted by Gasteiger charge is -2.26. The largest absolute Gasteiger partial charge is 0.464 e. The van der Waals surface area contributed by atoms with Crippen molar-refractivity contribution in [3.05, 3.63) is 36.1 Å². The smallest absolute Gasteiger partial charge is 0.290 e. The topological polar surface area (TPSA) is 45.4 Å². The van der Waals surface area contributed by atoms with Crippen LogP contribution in [0.3, 0.4) is 0 Å². The molecule has 5 heteroatoms. The number of halogens is 2. The zero-order valence-corrected chi connectivity index (χ0v) is 9.99. The van der Waals surface area contributed by atoms with Crippen molar-refractivity contribution >= 4 is 11.0 Å². The third-order valence-corrected chi connectivity index (χ3v) is 2.91. The van der Waals surface area contributed by atoms with Crippen LogP contribution < -0.4 is 5.32 Å². The van der Waals surface area contributed by atoms with Crippen LogP contribution >= 0.6 is 0 Å². The lowest BCUT2D eigenvalue weighted by molar-refractivity contribution is -0.0587. The predicted octanol–water partition coefficient (Wildman–Crippen LogP) is 2.50. The van der Waals surface area contributed by atoms with E-state index in [-0.39, 0.29) is 5.56 Å². The van der Waals surface area contributed by atoms with Gasteiger partial charge in [-0.25, -0.2) is 0 Å². The highest BCUT2D eigenvalue weighted by Gasteiger charge is 2.40. The number of benzene rings is 1. The molecule has 0 aliphatic rings. The van der Waals surface area contributed by atoms with Crippen molar-refractivity contribution in [2.24, 2.45) is 0 Å². The van der Waals surface area contributed by atoms with Gasteiger partial charge in [-0.1, -0.05) is 6.92 Å². The summed E-state index contributed by atoms with van der Waals surface area (Å²) < 4.78 is 33.5. The zero-order chi connectivity index (χ0) is 13.2. The number of hydrogen-bond donors (Lipinski definition) is 2. The van der Waals surface area contributed by atoms with E-state index < -0.39 is 18.6 Å². The van der Waals surface area contributed by atoms with E-state index in [1.807, 2.05) is 0 Å². The Kier molecular flexibility index (Phi) is 3.63. The van der Waals surface area contributed by atoms with E-state index in [9.17, 15) is 8.78 Å². The predicted molar refractivity (Wildman–Crippen MR) is 64.7 cm³/mol. The monoisotopic (exact) mass is 255 g/mol. The van der Waals surface area contributed by atoms with E-state index in [0.29, 0.717) is 17.5 Å². The fourth-order valence-corrected chi connectivity index (χ4v) is 1.93. The third-order valence-electron chi connectivity index (χ3n) is 2.91. The second-order valence-electron chi connectivity index (χ2n) is 4.09. The van der Waals surface area contributed by atoms with Gasteiger partial charge in [0.1, 0.15) is 5.58 Å². The summed E-state index contributed by atoms with van der Waals surface area (Å²) in [5.74, 6) is -3.13. The molecule has 1 atom stereocenters. The average molecular weight is 255 g/mol. The molecule has 0 bridgehead atoms. The van der Waals surface area contributed by atoms with Gasteiger partial charge in [-0.3, -0.25) is 0 Å². The van der Waals surface area contributed by atoms with E-state index >= 15 is 0 Å². The molecular formula is C13H15F2NO2. The van der Waals surface area contributed by atoms with Gasteiger partial charge in [0.05, 0.1) is 18.9 Å². The number of aliphatic hydroxyl groups excluding tert-OH is 1. The Labute approximate surface area is 103 Å². The number of rotatable bonds is 5. The van der Waals surface area contributed by atoms with Gasteiger partial charge in [0.15, 0.2) is 0 Å². The lowest BCUT2D eigenvalue weighted by atomic mass is 10.00. The van der Waals surface area contributed by atoms with E-state index in [1.54, 1.807) is 13.0 Å². The maximum Gasteiger partial charge on any atom is 0.290 e. The summed E-state index contributed by atoms with van der Waals surface area (Å²) in [5, 5.41) is 12.3. The zero-order valence-electron chi connectivity index (χ0n) is 9.99. The highest BCUT2D eigenvalue weighted by atomic mass is 19.3. The van der Waals surface area contributed by atoms with Crippen molar-refractivity contribution in [2.45, 2.75) is 18.9 Å². The molecule has 2 rings (SSSR count). The molecule has 1 heterocycles. The van der Waals surface area contributed by atoms with Crippen molar-refractivity contribution < 1.29 is 18.3 Å². The highest BCUT2D eigenvalue weighted by molar-refractivity contribution is 5.77. The number of likely N-dealkylation sites (N-methyl/N-ethyl adjacent to an activating group) is 1. The van der Waals surface area contributed by atoms with E-state index in [1.165, 1.54) is 24.5 Å². The Bertz CT molecular complexity index is 524. The Balaban J connectivity index is 2.37. The van der Waals surface area contributed by atoms with Crippen LogP contribution in [0.15, 0.2) is 34.9 Å². The quantitative estimate of drug-likeness (QED) is 0.862. The summed E-state index contributed by atoms with van der Waals surface area (Å²) in [4.78, 5) is 0. The molecule has 0 aliphatic heterocycles. The summed E-state index contributed by atoms with van der Waals surface area (Å²) in [5.41, 5.74) is 0.440. The average Bonchev–Trinajstić information content (AvgIpc) is 2.82. The molecule has 2 N–H and O–H groups in total. The molecule has 0 amide bonds. The van der Waals surface area contributed by atoms with Crippen LogP contribution in [0.2, 0.25) is 0 Å². The Morgan fingerprint density at radius 1 is 1.39 bits per heavy atom. The summed E-state index contributed by atoms with van der Waals surface area (Å²) in [6, 6.07) is 4.58. The molecule has 18 heavy (non-hydrogen) atoms. The number of nitrogens with one attached hydrogen (secondary N) is 1. The van der Waals surface area contributed by atoms with Crippen LogP contribution in [-0.4, -0.2) is 24.3 Å². The summed E-state index contributed by atoms with van der Waals surface area (Å²) in [6.45, 7) is 1.47. The molecule has 0 spiro atoms.